The zero-order chi connectivity index (χ0) is 13.4. The summed E-state index contributed by atoms with van der Waals surface area (Å²) < 4.78 is 13.0. The van der Waals surface area contributed by atoms with Gasteiger partial charge in [0.2, 0.25) is 0 Å². The summed E-state index contributed by atoms with van der Waals surface area (Å²) in [5, 5.41) is 3.51. The third-order valence-corrected chi connectivity index (χ3v) is 5.04. The Bertz CT molecular complexity index is 410. The molecule has 1 nitrogen and oxygen atoms in total. The SMILES string of the molecule is CCCNCC1C(C)(C)C1(C)c1ccc(F)cc1. The second-order valence-corrected chi connectivity index (χ2v) is 6.19. The average Bonchev–Trinajstić information content (AvgIpc) is 2.76. The van der Waals surface area contributed by atoms with E-state index < -0.39 is 0 Å². The van der Waals surface area contributed by atoms with Crippen LogP contribution >= 0.6 is 0 Å². The first-order valence-corrected chi connectivity index (χ1v) is 6.91. The van der Waals surface area contributed by atoms with Crippen molar-refractivity contribution in [2.75, 3.05) is 13.1 Å². The summed E-state index contributed by atoms with van der Waals surface area (Å²) in [6, 6.07) is 7.03. The van der Waals surface area contributed by atoms with Crippen molar-refractivity contribution in [2.24, 2.45) is 11.3 Å². The number of halogens is 1. The summed E-state index contributed by atoms with van der Waals surface area (Å²) in [5.74, 6) is 0.475. The van der Waals surface area contributed by atoms with E-state index in [1.54, 1.807) is 12.1 Å². The number of hydrogen-bond donors (Lipinski definition) is 1. The maximum atomic E-state index is 13.0. The van der Waals surface area contributed by atoms with E-state index in [9.17, 15) is 4.39 Å². The van der Waals surface area contributed by atoms with Crippen molar-refractivity contribution in [3.63, 3.8) is 0 Å². The highest BCUT2D eigenvalue weighted by molar-refractivity contribution is 5.39. The Morgan fingerprint density at radius 3 is 2.33 bits per heavy atom. The molecular weight excluding hydrogens is 225 g/mol. The standard InChI is InChI=1S/C16H24FN/c1-5-10-18-11-14-15(2,3)16(14,4)12-6-8-13(17)9-7-12/h6-9,14,18H,5,10-11H2,1-4H3. The Hall–Kier alpha value is -0.890. The minimum Gasteiger partial charge on any atom is -0.316 e. The van der Waals surface area contributed by atoms with Crippen LogP contribution in [0.2, 0.25) is 0 Å². The van der Waals surface area contributed by atoms with Crippen LogP contribution in [0.1, 0.15) is 39.7 Å². The molecule has 2 heteroatoms. The van der Waals surface area contributed by atoms with Gasteiger partial charge in [0.15, 0.2) is 0 Å². The molecule has 0 saturated heterocycles. The van der Waals surface area contributed by atoms with E-state index in [4.69, 9.17) is 0 Å². The van der Waals surface area contributed by atoms with E-state index >= 15 is 0 Å². The molecule has 1 fully saturated rings. The summed E-state index contributed by atoms with van der Waals surface area (Å²) >= 11 is 0. The zero-order valence-electron chi connectivity index (χ0n) is 11.9. The number of nitrogens with one attached hydrogen (secondary N) is 1. The lowest BCUT2D eigenvalue weighted by molar-refractivity contribution is 0.506. The second kappa shape index (κ2) is 4.65. The van der Waals surface area contributed by atoms with Gasteiger partial charge in [-0.3, -0.25) is 0 Å². The summed E-state index contributed by atoms with van der Waals surface area (Å²) in [4.78, 5) is 0. The molecular formula is C16H24FN. The van der Waals surface area contributed by atoms with Gasteiger partial charge in [-0.05, 0) is 48.5 Å². The highest BCUT2D eigenvalue weighted by Gasteiger charge is 2.67. The van der Waals surface area contributed by atoms with Crippen LogP contribution in [0.4, 0.5) is 4.39 Å². The van der Waals surface area contributed by atoms with E-state index in [-0.39, 0.29) is 16.6 Å². The fraction of sp³-hybridized carbons (Fsp3) is 0.625. The quantitative estimate of drug-likeness (QED) is 0.784. The van der Waals surface area contributed by atoms with Gasteiger partial charge in [-0.2, -0.15) is 0 Å². The number of hydrogen-bond acceptors (Lipinski definition) is 1. The summed E-state index contributed by atoms with van der Waals surface area (Å²) in [6.45, 7) is 11.2. The van der Waals surface area contributed by atoms with E-state index in [0.717, 1.165) is 13.1 Å². The summed E-state index contributed by atoms with van der Waals surface area (Å²) in [7, 11) is 0. The molecule has 0 spiro atoms. The predicted octanol–water partition coefficient (Wildman–Crippen LogP) is 3.74. The topological polar surface area (TPSA) is 12.0 Å². The molecule has 0 amide bonds. The van der Waals surface area contributed by atoms with Gasteiger partial charge in [0.05, 0.1) is 0 Å². The third kappa shape index (κ3) is 1.97. The normalized spacial score (nSPS) is 29.3. The number of benzene rings is 1. The highest BCUT2D eigenvalue weighted by atomic mass is 19.1. The van der Waals surface area contributed by atoms with Crippen LogP contribution < -0.4 is 5.32 Å². The largest absolute Gasteiger partial charge is 0.316 e. The minimum absolute atomic E-state index is 0.151. The molecule has 1 aliphatic rings. The molecule has 1 aliphatic carbocycles. The van der Waals surface area contributed by atoms with Crippen molar-refractivity contribution in [1.82, 2.24) is 5.32 Å². The molecule has 2 unspecified atom stereocenters. The first kappa shape index (κ1) is 13.5. The molecule has 1 aromatic rings. The van der Waals surface area contributed by atoms with Crippen LogP contribution in [0.15, 0.2) is 24.3 Å². The van der Waals surface area contributed by atoms with Gasteiger partial charge in [0.1, 0.15) is 5.82 Å². The first-order chi connectivity index (χ1) is 8.44. The van der Waals surface area contributed by atoms with Gasteiger partial charge in [-0.25, -0.2) is 4.39 Å². The lowest BCUT2D eigenvalue weighted by atomic mass is 9.90. The molecule has 1 saturated carbocycles. The maximum Gasteiger partial charge on any atom is 0.123 e. The fourth-order valence-corrected chi connectivity index (χ4v) is 3.35. The third-order valence-electron chi connectivity index (χ3n) is 5.04. The zero-order valence-corrected chi connectivity index (χ0v) is 11.9. The van der Waals surface area contributed by atoms with Gasteiger partial charge in [0, 0.05) is 5.41 Å². The van der Waals surface area contributed by atoms with E-state index in [2.05, 4.69) is 33.0 Å². The van der Waals surface area contributed by atoms with Crippen molar-refractivity contribution < 1.29 is 4.39 Å². The van der Waals surface area contributed by atoms with Crippen molar-refractivity contribution in [3.8, 4) is 0 Å². The summed E-state index contributed by atoms with van der Waals surface area (Å²) in [6.07, 6.45) is 1.17. The molecule has 1 aromatic carbocycles. The van der Waals surface area contributed by atoms with Gasteiger partial charge < -0.3 is 5.32 Å². The monoisotopic (exact) mass is 249 g/mol. The molecule has 0 bridgehead atoms. The van der Waals surface area contributed by atoms with Gasteiger partial charge in [-0.15, -0.1) is 0 Å². The van der Waals surface area contributed by atoms with Gasteiger partial charge in [0.25, 0.3) is 0 Å². The summed E-state index contributed by atoms with van der Waals surface area (Å²) in [5.41, 5.74) is 1.71. The van der Waals surface area contributed by atoms with Crippen LogP contribution in [0, 0.1) is 17.2 Å². The van der Waals surface area contributed by atoms with Crippen LogP contribution in [-0.4, -0.2) is 13.1 Å². The Labute approximate surface area is 110 Å². The van der Waals surface area contributed by atoms with Gasteiger partial charge >= 0.3 is 0 Å². The van der Waals surface area contributed by atoms with Crippen molar-refractivity contribution in [3.05, 3.63) is 35.6 Å². The molecule has 2 rings (SSSR count). The molecule has 0 aromatic heterocycles. The Kier molecular flexibility index (Phi) is 3.50. The lowest BCUT2D eigenvalue weighted by Crippen LogP contribution is -2.21. The molecule has 0 aliphatic heterocycles. The van der Waals surface area contributed by atoms with Crippen LogP contribution in [-0.2, 0) is 5.41 Å². The van der Waals surface area contributed by atoms with E-state index in [0.29, 0.717) is 5.92 Å². The van der Waals surface area contributed by atoms with Crippen molar-refractivity contribution in [1.29, 1.82) is 0 Å². The van der Waals surface area contributed by atoms with Crippen molar-refractivity contribution in [2.45, 2.75) is 39.5 Å². The van der Waals surface area contributed by atoms with Gasteiger partial charge in [-0.1, -0.05) is 39.8 Å². The van der Waals surface area contributed by atoms with E-state index in [1.807, 2.05) is 12.1 Å². The van der Waals surface area contributed by atoms with Crippen LogP contribution in [0.3, 0.4) is 0 Å². The molecule has 100 valence electrons. The predicted molar refractivity (Wildman–Crippen MR) is 74.2 cm³/mol. The Morgan fingerprint density at radius 1 is 1.17 bits per heavy atom. The minimum atomic E-state index is -0.151. The molecule has 2 atom stereocenters. The van der Waals surface area contributed by atoms with Crippen LogP contribution in [0.5, 0.6) is 0 Å². The van der Waals surface area contributed by atoms with Crippen LogP contribution in [0.25, 0.3) is 0 Å². The van der Waals surface area contributed by atoms with Crippen molar-refractivity contribution >= 4 is 0 Å². The molecule has 0 heterocycles. The lowest BCUT2D eigenvalue weighted by Gasteiger charge is -2.15. The van der Waals surface area contributed by atoms with E-state index in [1.165, 1.54) is 12.0 Å². The smallest absolute Gasteiger partial charge is 0.123 e. The highest BCUT2D eigenvalue weighted by Crippen LogP contribution is 2.68. The number of rotatable bonds is 5. The second-order valence-electron chi connectivity index (χ2n) is 6.19. The first-order valence-electron chi connectivity index (χ1n) is 6.91. The average molecular weight is 249 g/mol. The Balaban J connectivity index is 2.13. The Morgan fingerprint density at radius 2 is 1.78 bits per heavy atom. The molecule has 1 N–H and O–H groups in total. The molecule has 0 radical (unpaired) electrons. The maximum absolute atomic E-state index is 13.0. The molecule has 18 heavy (non-hydrogen) atoms. The fourth-order valence-electron chi connectivity index (χ4n) is 3.35.